The highest BCUT2D eigenvalue weighted by Gasteiger charge is 2.19. The number of hydrogen-bond donors (Lipinski definition) is 0. The van der Waals surface area contributed by atoms with Crippen LogP contribution in [0.4, 0.5) is 8.78 Å². The molecule has 0 spiro atoms. The fraction of sp³-hybridized carbons (Fsp3) is 0.368. The molecule has 3 rings (SSSR count). The highest BCUT2D eigenvalue weighted by Crippen LogP contribution is 2.36. The van der Waals surface area contributed by atoms with Crippen LogP contribution >= 0.6 is 0 Å². The number of hydrogen-bond acceptors (Lipinski definition) is 0. The van der Waals surface area contributed by atoms with Gasteiger partial charge in [0.25, 0.3) is 0 Å². The molecule has 2 heteroatoms. The van der Waals surface area contributed by atoms with Gasteiger partial charge in [-0.25, -0.2) is 8.78 Å². The second kappa shape index (κ2) is 5.97. The molecule has 0 aliphatic heterocycles. The van der Waals surface area contributed by atoms with E-state index in [2.05, 4.69) is 19.1 Å². The van der Waals surface area contributed by atoms with E-state index in [1.165, 1.54) is 43.4 Å². The van der Waals surface area contributed by atoms with Crippen molar-refractivity contribution in [3.63, 3.8) is 0 Å². The monoisotopic (exact) mass is 288 g/mol. The molecule has 0 heterocycles. The lowest BCUT2D eigenvalue weighted by molar-refractivity contribution is 0.348. The van der Waals surface area contributed by atoms with Gasteiger partial charge in [0, 0.05) is 1.43 Å². The zero-order chi connectivity index (χ0) is 14.8. The summed E-state index contributed by atoms with van der Waals surface area (Å²) < 4.78 is 26.3. The lowest BCUT2D eigenvalue weighted by Gasteiger charge is -2.26. The number of benzene rings is 2. The summed E-state index contributed by atoms with van der Waals surface area (Å²) in [6.07, 6.45) is 5.11. The maximum Gasteiger partial charge on any atom is 0.159 e. The Labute approximate surface area is 126 Å². The van der Waals surface area contributed by atoms with Gasteiger partial charge in [-0.2, -0.15) is 0 Å². The van der Waals surface area contributed by atoms with Crippen molar-refractivity contribution >= 4 is 0 Å². The van der Waals surface area contributed by atoms with Crippen LogP contribution in [0.15, 0.2) is 42.5 Å². The molecule has 21 heavy (non-hydrogen) atoms. The summed E-state index contributed by atoms with van der Waals surface area (Å²) in [7, 11) is 0. The third-order valence-electron chi connectivity index (χ3n) is 4.65. The summed E-state index contributed by atoms with van der Waals surface area (Å²) in [6, 6.07) is 12.4. The Morgan fingerprint density at radius 1 is 0.810 bits per heavy atom. The molecule has 0 bridgehead atoms. The minimum atomic E-state index is -0.799. The lowest BCUT2D eigenvalue weighted by Crippen LogP contribution is -2.10. The predicted octanol–water partition coefficient (Wildman–Crippen LogP) is 6.17. The Bertz CT molecular complexity index is 614. The van der Waals surface area contributed by atoms with Gasteiger partial charge in [0.2, 0.25) is 0 Å². The molecule has 1 saturated carbocycles. The van der Waals surface area contributed by atoms with Crippen molar-refractivity contribution in [2.24, 2.45) is 5.92 Å². The molecule has 0 N–H and O–H groups in total. The molecule has 1 aliphatic carbocycles. The first kappa shape index (κ1) is 14.2. The van der Waals surface area contributed by atoms with E-state index in [1.54, 1.807) is 6.07 Å². The zero-order valence-corrected chi connectivity index (χ0v) is 12.3. The summed E-state index contributed by atoms with van der Waals surface area (Å²) in [6.45, 7) is 2.32. The third kappa shape index (κ3) is 3.15. The van der Waals surface area contributed by atoms with Crippen molar-refractivity contribution in [1.29, 1.82) is 0 Å². The molecular weight excluding hydrogens is 266 g/mol. The first-order valence-corrected chi connectivity index (χ1v) is 7.69. The Balaban J connectivity index is 0.00000176. The van der Waals surface area contributed by atoms with Gasteiger partial charge in [0.05, 0.1) is 0 Å². The van der Waals surface area contributed by atoms with Crippen LogP contribution in [0.3, 0.4) is 0 Å². The maximum atomic E-state index is 13.3. The minimum absolute atomic E-state index is 0. The summed E-state index contributed by atoms with van der Waals surface area (Å²) in [5.74, 6) is -0.0903. The molecule has 0 saturated heterocycles. The van der Waals surface area contributed by atoms with Crippen molar-refractivity contribution in [1.82, 2.24) is 0 Å². The molecule has 1 aliphatic rings. The van der Waals surface area contributed by atoms with Crippen LogP contribution in [-0.2, 0) is 0 Å². The number of halogens is 2. The minimum Gasteiger partial charge on any atom is -0.204 e. The summed E-state index contributed by atoms with van der Waals surface area (Å²) in [4.78, 5) is 0. The topological polar surface area (TPSA) is 0 Å². The Morgan fingerprint density at radius 2 is 1.43 bits per heavy atom. The molecule has 0 amide bonds. The summed E-state index contributed by atoms with van der Waals surface area (Å²) >= 11 is 0. The average molecular weight is 288 g/mol. The standard InChI is InChI=1S/C19H20F2.H2/c1-13-2-4-14(5-3-13)15-6-8-16(9-7-15)17-10-11-18(20)19(21)12-17;/h6-14H,2-5H2,1H3;1H. The quantitative estimate of drug-likeness (QED) is 0.619. The van der Waals surface area contributed by atoms with Crippen LogP contribution < -0.4 is 0 Å². The van der Waals surface area contributed by atoms with E-state index in [9.17, 15) is 8.78 Å². The van der Waals surface area contributed by atoms with Crippen LogP contribution in [0.2, 0.25) is 0 Å². The second-order valence-electron chi connectivity index (χ2n) is 6.21. The van der Waals surface area contributed by atoms with E-state index in [4.69, 9.17) is 0 Å². The van der Waals surface area contributed by atoms with Gasteiger partial charge >= 0.3 is 0 Å². The fourth-order valence-corrected chi connectivity index (χ4v) is 3.22. The van der Waals surface area contributed by atoms with Gasteiger partial charge in [-0.3, -0.25) is 0 Å². The molecule has 2 aromatic rings. The molecule has 1 fully saturated rings. The number of rotatable bonds is 2. The van der Waals surface area contributed by atoms with Crippen LogP contribution in [0.5, 0.6) is 0 Å². The van der Waals surface area contributed by atoms with E-state index in [0.29, 0.717) is 5.92 Å². The van der Waals surface area contributed by atoms with E-state index in [0.717, 1.165) is 17.0 Å². The van der Waals surface area contributed by atoms with Crippen LogP contribution in [0.25, 0.3) is 11.1 Å². The molecule has 2 aromatic carbocycles. The van der Waals surface area contributed by atoms with Crippen molar-refractivity contribution in [3.05, 3.63) is 59.7 Å². The van der Waals surface area contributed by atoms with Crippen molar-refractivity contribution in [2.75, 3.05) is 0 Å². The van der Waals surface area contributed by atoms with E-state index in [1.807, 2.05) is 12.1 Å². The van der Waals surface area contributed by atoms with Gasteiger partial charge in [0.15, 0.2) is 11.6 Å². The van der Waals surface area contributed by atoms with Crippen molar-refractivity contribution < 1.29 is 10.2 Å². The van der Waals surface area contributed by atoms with E-state index >= 15 is 0 Å². The Morgan fingerprint density at radius 3 is 2.05 bits per heavy atom. The van der Waals surface area contributed by atoms with Gasteiger partial charge in [-0.05, 0) is 53.5 Å². The van der Waals surface area contributed by atoms with Crippen molar-refractivity contribution in [2.45, 2.75) is 38.5 Å². The largest absolute Gasteiger partial charge is 0.204 e. The molecular formula is C19H22F2. The van der Waals surface area contributed by atoms with Crippen LogP contribution in [0.1, 0.15) is 45.5 Å². The van der Waals surface area contributed by atoms with Gasteiger partial charge in [-0.1, -0.05) is 50.1 Å². The lowest BCUT2D eigenvalue weighted by atomic mass is 9.79. The van der Waals surface area contributed by atoms with Crippen LogP contribution in [-0.4, -0.2) is 0 Å². The molecule has 0 atom stereocenters. The van der Waals surface area contributed by atoms with Crippen molar-refractivity contribution in [3.8, 4) is 11.1 Å². The second-order valence-corrected chi connectivity index (χ2v) is 6.21. The Hall–Kier alpha value is -1.70. The highest BCUT2D eigenvalue weighted by molar-refractivity contribution is 5.63. The molecule has 0 radical (unpaired) electrons. The third-order valence-corrected chi connectivity index (χ3v) is 4.65. The first-order chi connectivity index (χ1) is 10.1. The molecule has 0 aromatic heterocycles. The first-order valence-electron chi connectivity index (χ1n) is 7.69. The van der Waals surface area contributed by atoms with E-state index in [-0.39, 0.29) is 1.43 Å². The SMILES string of the molecule is CC1CCC(c2ccc(-c3ccc(F)c(F)c3)cc2)CC1.[HH]. The Kier molecular flexibility index (Phi) is 4.05. The van der Waals surface area contributed by atoms with Gasteiger partial charge in [0.1, 0.15) is 0 Å². The zero-order valence-electron chi connectivity index (χ0n) is 12.3. The smallest absolute Gasteiger partial charge is 0.159 e. The normalized spacial score (nSPS) is 22.2. The van der Waals surface area contributed by atoms with Gasteiger partial charge < -0.3 is 0 Å². The predicted molar refractivity (Wildman–Crippen MR) is 84.3 cm³/mol. The highest BCUT2D eigenvalue weighted by atomic mass is 19.2. The summed E-state index contributed by atoms with van der Waals surface area (Å²) in [5, 5.41) is 0. The molecule has 0 nitrogen and oxygen atoms in total. The fourth-order valence-electron chi connectivity index (χ4n) is 3.22. The average Bonchev–Trinajstić information content (AvgIpc) is 2.51. The molecule has 0 unspecified atom stereocenters. The maximum absolute atomic E-state index is 13.3. The van der Waals surface area contributed by atoms with E-state index < -0.39 is 11.6 Å². The summed E-state index contributed by atoms with van der Waals surface area (Å²) in [5.41, 5.74) is 3.02. The molecule has 112 valence electrons. The van der Waals surface area contributed by atoms with Crippen LogP contribution in [0, 0.1) is 17.6 Å². The van der Waals surface area contributed by atoms with Gasteiger partial charge in [-0.15, -0.1) is 0 Å².